The number of rotatable bonds is 0. The van der Waals surface area contributed by atoms with Gasteiger partial charge in [0.05, 0.1) is 0 Å². The topological polar surface area (TPSA) is 35.2 Å². The normalized spacial score (nSPS) is 37.8. The quantitative estimate of drug-likeness (QED) is 0.772. The second-order valence-corrected chi connectivity index (χ2v) is 6.44. The highest BCUT2D eigenvalue weighted by Crippen LogP contribution is 2.49. The fourth-order valence-electron chi connectivity index (χ4n) is 3.77. The molecule has 1 saturated carbocycles. The molecule has 1 heterocycles. The lowest BCUT2D eigenvalue weighted by atomic mass is 9.68. The van der Waals surface area contributed by atoms with Gasteiger partial charge in [0.25, 0.3) is 0 Å². The summed E-state index contributed by atoms with van der Waals surface area (Å²) in [5.74, 6) is 1.62. The molecule has 3 rings (SSSR count). The largest absolute Gasteiger partial charge is 0.486 e. The van der Waals surface area contributed by atoms with Gasteiger partial charge in [-0.25, -0.2) is 4.39 Å². The van der Waals surface area contributed by atoms with Gasteiger partial charge in [0.2, 0.25) is 0 Å². The minimum absolute atomic E-state index is 0.0415. The SMILES string of the molecule is CC1CCC2(C[C@@H](N)c3ccc(F)cc3O2)C(C)C1. The molecule has 2 N–H and O–H groups in total. The fourth-order valence-corrected chi connectivity index (χ4v) is 3.77. The monoisotopic (exact) mass is 263 g/mol. The molecule has 2 nitrogen and oxygen atoms in total. The van der Waals surface area contributed by atoms with Crippen molar-refractivity contribution >= 4 is 0 Å². The summed E-state index contributed by atoms with van der Waals surface area (Å²) < 4.78 is 19.7. The van der Waals surface area contributed by atoms with E-state index in [-0.39, 0.29) is 17.5 Å². The van der Waals surface area contributed by atoms with Crippen LogP contribution in [0.2, 0.25) is 0 Å². The van der Waals surface area contributed by atoms with Gasteiger partial charge in [0, 0.05) is 24.1 Å². The average molecular weight is 263 g/mol. The van der Waals surface area contributed by atoms with Crippen molar-refractivity contribution in [3.05, 3.63) is 29.6 Å². The fraction of sp³-hybridized carbons (Fsp3) is 0.625. The Labute approximate surface area is 114 Å². The Bertz CT molecular complexity index is 490. The van der Waals surface area contributed by atoms with Gasteiger partial charge in [-0.15, -0.1) is 0 Å². The minimum Gasteiger partial charge on any atom is -0.486 e. The molecule has 3 heteroatoms. The van der Waals surface area contributed by atoms with E-state index in [4.69, 9.17) is 10.5 Å². The second kappa shape index (κ2) is 4.48. The van der Waals surface area contributed by atoms with Crippen molar-refractivity contribution in [2.24, 2.45) is 17.6 Å². The number of hydrogen-bond donors (Lipinski definition) is 1. The maximum atomic E-state index is 13.4. The Morgan fingerprint density at radius 2 is 2.16 bits per heavy atom. The molecule has 3 unspecified atom stereocenters. The lowest BCUT2D eigenvalue weighted by Crippen LogP contribution is -2.50. The predicted octanol–water partition coefficient (Wildman–Crippen LogP) is 3.80. The van der Waals surface area contributed by atoms with E-state index in [1.165, 1.54) is 18.6 Å². The molecule has 0 saturated heterocycles. The molecule has 0 aromatic heterocycles. The number of nitrogens with two attached hydrogens (primary N) is 1. The molecule has 2 aliphatic rings. The molecule has 1 fully saturated rings. The van der Waals surface area contributed by atoms with Crippen LogP contribution in [0.5, 0.6) is 5.75 Å². The van der Waals surface area contributed by atoms with Crippen LogP contribution in [0.25, 0.3) is 0 Å². The molecule has 1 aromatic rings. The molecule has 1 aliphatic heterocycles. The number of benzene rings is 1. The van der Waals surface area contributed by atoms with Crippen LogP contribution in [-0.4, -0.2) is 5.60 Å². The smallest absolute Gasteiger partial charge is 0.127 e. The molecule has 104 valence electrons. The first kappa shape index (κ1) is 12.9. The summed E-state index contributed by atoms with van der Waals surface area (Å²) in [4.78, 5) is 0. The van der Waals surface area contributed by atoms with Crippen LogP contribution in [0.3, 0.4) is 0 Å². The van der Waals surface area contributed by atoms with E-state index in [0.717, 1.165) is 30.7 Å². The highest BCUT2D eigenvalue weighted by Gasteiger charge is 2.46. The van der Waals surface area contributed by atoms with E-state index in [9.17, 15) is 4.39 Å². The van der Waals surface area contributed by atoms with Gasteiger partial charge in [-0.2, -0.15) is 0 Å². The molecule has 1 aliphatic carbocycles. The Morgan fingerprint density at radius 3 is 2.89 bits per heavy atom. The first-order valence-electron chi connectivity index (χ1n) is 7.24. The number of hydrogen-bond acceptors (Lipinski definition) is 2. The number of ether oxygens (including phenoxy) is 1. The van der Waals surface area contributed by atoms with Crippen LogP contribution < -0.4 is 10.5 Å². The van der Waals surface area contributed by atoms with Gasteiger partial charge < -0.3 is 10.5 Å². The molecule has 0 amide bonds. The molecule has 0 bridgehead atoms. The Hall–Kier alpha value is -1.09. The Kier molecular flexibility index (Phi) is 3.05. The van der Waals surface area contributed by atoms with E-state index in [1.807, 2.05) is 0 Å². The van der Waals surface area contributed by atoms with Gasteiger partial charge in [-0.3, -0.25) is 0 Å². The molecule has 1 aromatic carbocycles. The van der Waals surface area contributed by atoms with Gasteiger partial charge >= 0.3 is 0 Å². The van der Waals surface area contributed by atoms with Crippen molar-refractivity contribution in [3.8, 4) is 5.75 Å². The third kappa shape index (κ3) is 2.14. The molecule has 4 atom stereocenters. The lowest BCUT2D eigenvalue weighted by Gasteiger charge is -2.49. The van der Waals surface area contributed by atoms with E-state index in [2.05, 4.69) is 13.8 Å². The molecule has 19 heavy (non-hydrogen) atoms. The summed E-state index contributed by atoms with van der Waals surface area (Å²) in [6.07, 6.45) is 4.21. The van der Waals surface area contributed by atoms with E-state index < -0.39 is 0 Å². The zero-order chi connectivity index (χ0) is 13.6. The van der Waals surface area contributed by atoms with Crippen molar-refractivity contribution < 1.29 is 9.13 Å². The lowest BCUT2D eigenvalue weighted by molar-refractivity contribution is -0.0521. The van der Waals surface area contributed by atoms with Crippen molar-refractivity contribution in [2.45, 2.75) is 51.2 Å². The Morgan fingerprint density at radius 1 is 1.37 bits per heavy atom. The third-order valence-electron chi connectivity index (χ3n) is 4.97. The maximum Gasteiger partial charge on any atom is 0.127 e. The number of halogens is 1. The van der Waals surface area contributed by atoms with Gasteiger partial charge in [-0.05, 0) is 37.2 Å². The molecular weight excluding hydrogens is 241 g/mol. The highest BCUT2D eigenvalue weighted by atomic mass is 19.1. The Balaban J connectivity index is 1.95. The summed E-state index contributed by atoms with van der Waals surface area (Å²) in [5.41, 5.74) is 7.05. The van der Waals surface area contributed by atoms with Crippen LogP contribution in [0, 0.1) is 17.7 Å². The number of fused-ring (bicyclic) bond motifs is 1. The minimum atomic E-state index is -0.250. The zero-order valence-electron chi connectivity index (χ0n) is 11.7. The van der Waals surface area contributed by atoms with Crippen LogP contribution in [0.1, 0.15) is 51.1 Å². The summed E-state index contributed by atoms with van der Waals surface area (Å²) in [7, 11) is 0. The van der Waals surface area contributed by atoms with Crippen LogP contribution in [-0.2, 0) is 0 Å². The predicted molar refractivity (Wildman–Crippen MR) is 73.5 cm³/mol. The molecular formula is C16H22FNO. The maximum absolute atomic E-state index is 13.4. The second-order valence-electron chi connectivity index (χ2n) is 6.44. The summed E-state index contributed by atoms with van der Waals surface area (Å²) in [5, 5.41) is 0. The van der Waals surface area contributed by atoms with Crippen molar-refractivity contribution in [2.75, 3.05) is 0 Å². The highest BCUT2D eigenvalue weighted by molar-refractivity contribution is 5.39. The zero-order valence-corrected chi connectivity index (χ0v) is 11.7. The van der Waals surface area contributed by atoms with E-state index in [0.29, 0.717) is 11.7 Å². The van der Waals surface area contributed by atoms with Gasteiger partial charge in [0.1, 0.15) is 17.2 Å². The van der Waals surface area contributed by atoms with Crippen molar-refractivity contribution in [1.29, 1.82) is 0 Å². The first-order valence-corrected chi connectivity index (χ1v) is 7.24. The van der Waals surface area contributed by atoms with Crippen LogP contribution in [0.4, 0.5) is 4.39 Å². The van der Waals surface area contributed by atoms with Gasteiger partial charge in [0.15, 0.2) is 0 Å². The summed E-state index contributed by atoms with van der Waals surface area (Å²) in [6.45, 7) is 4.53. The van der Waals surface area contributed by atoms with Crippen molar-refractivity contribution in [1.82, 2.24) is 0 Å². The summed E-state index contributed by atoms with van der Waals surface area (Å²) in [6, 6.07) is 4.67. The average Bonchev–Trinajstić information content (AvgIpc) is 2.34. The standard InChI is InChI=1S/C16H22FNO/c1-10-5-6-16(11(2)7-10)9-14(18)13-4-3-12(17)8-15(13)19-16/h3-4,8,10-11,14H,5-7,9,18H2,1-2H3/t10?,11?,14-,16?/m1/s1. The van der Waals surface area contributed by atoms with Gasteiger partial charge in [-0.1, -0.05) is 19.9 Å². The van der Waals surface area contributed by atoms with Crippen LogP contribution in [0.15, 0.2) is 18.2 Å². The van der Waals surface area contributed by atoms with E-state index in [1.54, 1.807) is 6.07 Å². The first-order chi connectivity index (χ1) is 9.00. The third-order valence-corrected chi connectivity index (χ3v) is 4.97. The van der Waals surface area contributed by atoms with Crippen molar-refractivity contribution in [3.63, 3.8) is 0 Å². The summed E-state index contributed by atoms with van der Waals surface area (Å²) >= 11 is 0. The molecule has 1 spiro atoms. The van der Waals surface area contributed by atoms with Crippen LogP contribution >= 0.6 is 0 Å². The molecule has 0 radical (unpaired) electrons. The van der Waals surface area contributed by atoms with E-state index >= 15 is 0 Å².